The molecule has 0 fully saturated rings. The van der Waals surface area contributed by atoms with Gasteiger partial charge in [-0.15, -0.1) is 0 Å². The highest BCUT2D eigenvalue weighted by molar-refractivity contribution is 5.92. The van der Waals surface area contributed by atoms with E-state index in [1.165, 1.54) is 5.69 Å². The minimum Gasteiger partial charge on any atom is -0.372 e. The van der Waals surface area contributed by atoms with E-state index in [9.17, 15) is 4.79 Å². The first-order valence-corrected chi connectivity index (χ1v) is 9.10. The second-order valence-electron chi connectivity index (χ2n) is 6.45. The lowest BCUT2D eigenvalue weighted by molar-refractivity contribution is -0.116. The van der Waals surface area contributed by atoms with Gasteiger partial charge in [0.15, 0.2) is 0 Å². The van der Waals surface area contributed by atoms with E-state index >= 15 is 0 Å². The van der Waals surface area contributed by atoms with E-state index in [2.05, 4.69) is 41.2 Å². The molecule has 136 valence electrons. The van der Waals surface area contributed by atoms with Gasteiger partial charge in [-0.25, -0.2) is 4.98 Å². The Labute approximate surface area is 154 Å². The minimum absolute atomic E-state index is 0.0463. The first kappa shape index (κ1) is 18.0. The van der Waals surface area contributed by atoms with Gasteiger partial charge in [0.2, 0.25) is 5.91 Å². The Balaban J connectivity index is 1.76. The van der Waals surface area contributed by atoms with Crippen LogP contribution in [0.5, 0.6) is 0 Å². The Morgan fingerprint density at radius 1 is 1.12 bits per heavy atom. The Morgan fingerprint density at radius 3 is 2.54 bits per heavy atom. The van der Waals surface area contributed by atoms with Crippen LogP contribution in [-0.2, 0) is 11.3 Å². The molecule has 0 saturated heterocycles. The molecule has 0 aliphatic carbocycles. The molecular weight excluding hydrogens is 324 g/mol. The number of anilines is 2. The number of hydrogen-bond donors (Lipinski definition) is 1. The van der Waals surface area contributed by atoms with Gasteiger partial charge in [0.1, 0.15) is 12.4 Å². The van der Waals surface area contributed by atoms with Crippen LogP contribution in [0.4, 0.5) is 11.4 Å². The average Bonchev–Trinajstić information content (AvgIpc) is 2.94. The zero-order valence-electron chi connectivity index (χ0n) is 15.9. The first-order chi connectivity index (χ1) is 12.5. The van der Waals surface area contributed by atoms with Gasteiger partial charge < -0.3 is 14.8 Å². The fourth-order valence-corrected chi connectivity index (χ4v) is 3.30. The van der Waals surface area contributed by atoms with Gasteiger partial charge in [-0.05, 0) is 63.6 Å². The minimum atomic E-state index is -0.0463. The molecule has 3 aromatic rings. The Kier molecular flexibility index (Phi) is 5.26. The highest BCUT2D eigenvalue weighted by Crippen LogP contribution is 2.23. The van der Waals surface area contributed by atoms with Gasteiger partial charge in [-0.3, -0.25) is 4.79 Å². The summed E-state index contributed by atoms with van der Waals surface area (Å²) in [4.78, 5) is 19.4. The normalized spacial score (nSPS) is 10.9. The van der Waals surface area contributed by atoms with Gasteiger partial charge in [-0.2, -0.15) is 0 Å². The molecule has 1 heterocycles. The lowest BCUT2D eigenvalue weighted by Crippen LogP contribution is -2.22. The van der Waals surface area contributed by atoms with Crippen LogP contribution in [0.15, 0.2) is 42.5 Å². The number of carbonyl (C=O) groups excluding carboxylic acids is 1. The number of benzene rings is 2. The molecule has 0 spiro atoms. The van der Waals surface area contributed by atoms with Crippen molar-refractivity contribution in [2.75, 3.05) is 23.3 Å². The van der Waals surface area contributed by atoms with Gasteiger partial charge in [0.05, 0.1) is 11.0 Å². The number of aryl methyl sites for hydroxylation is 2. The number of amides is 1. The fraction of sp³-hybridized carbons (Fsp3) is 0.333. The van der Waals surface area contributed by atoms with Crippen molar-refractivity contribution in [1.82, 2.24) is 9.55 Å². The van der Waals surface area contributed by atoms with Crippen molar-refractivity contribution in [2.24, 2.45) is 0 Å². The number of rotatable bonds is 6. The summed E-state index contributed by atoms with van der Waals surface area (Å²) in [5, 5.41) is 3.04. The van der Waals surface area contributed by atoms with E-state index < -0.39 is 0 Å². The van der Waals surface area contributed by atoms with Gasteiger partial charge in [0.25, 0.3) is 0 Å². The van der Waals surface area contributed by atoms with Crippen LogP contribution in [0.25, 0.3) is 11.0 Å². The number of fused-ring (bicyclic) bond motifs is 1. The SMILES string of the molecule is CCN(CC)c1ccc(NC(=O)Cn2c(C)nc3ccccc32)c(C)c1. The monoisotopic (exact) mass is 350 g/mol. The van der Waals surface area contributed by atoms with Crippen molar-refractivity contribution >= 4 is 28.3 Å². The van der Waals surface area contributed by atoms with E-state index in [1.54, 1.807) is 0 Å². The van der Waals surface area contributed by atoms with E-state index in [-0.39, 0.29) is 12.5 Å². The molecule has 0 atom stereocenters. The number of nitrogens with one attached hydrogen (secondary N) is 1. The number of aromatic nitrogens is 2. The van der Waals surface area contributed by atoms with Crippen molar-refractivity contribution in [3.63, 3.8) is 0 Å². The van der Waals surface area contributed by atoms with Crippen molar-refractivity contribution in [3.05, 3.63) is 53.9 Å². The molecule has 0 bridgehead atoms. The molecule has 26 heavy (non-hydrogen) atoms. The predicted octanol–water partition coefficient (Wildman–Crippen LogP) is 4.14. The maximum absolute atomic E-state index is 12.6. The maximum atomic E-state index is 12.6. The molecule has 0 aliphatic rings. The smallest absolute Gasteiger partial charge is 0.244 e. The molecule has 1 aromatic heterocycles. The topological polar surface area (TPSA) is 50.2 Å². The standard InChI is InChI=1S/C21H26N4O/c1-5-24(6-2)17-11-12-18(15(3)13-17)23-21(26)14-25-16(4)22-19-9-7-8-10-20(19)25/h7-13H,5-6,14H2,1-4H3,(H,23,26). The number of carbonyl (C=O) groups is 1. The molecule has 3 rings (SSSR count). The maximum Gasteiger partial charge on any atom is 0.244 e. The van der Waals surface area contributed by atoms with Gasteiger partial charge in [-0.1, -0.05) is 12.1 Å². The van der Waals surface area contributed by atoms with Crippen LogP contribution in [0, 0.1) is 13.8 Å². The summed E-state index contributed by atoms with van der Waals surface area (Å²) in [6, 6.07) is 14.1. The number of imidazole rings is 1. The van der Waals surface area contributed by atoms with Crippen molar-refractivity contribution < 1.29 is 4.79 Å². The first-order valence-electron chi connectivity index (χ1n) is 9.10. The fourth-order valence-electron chi connectivity index (χ4n) is 3.30. The van der Waals surface area contributed by atoms with Crippen molar-refractivity contribution in [3.8, 4) is 0 Å². The molecule has 5 nitrogen and oxygen atoms in total. The van der Waals surface area contributed by atoms with Crippen LogP contribution in [-0.4, -0.2) is 28.5 Å². The third-order valence-corrected chi connectivity index (χ3v) is 4.76. The second-order valence-corrected chi connectivity index (χ2v) is 6.45. The lowest BCUT2D eigenvalue weighted by atomic mass is 10.1. The summed E-state index contributed by atoms with van der Waals surface area (Å²) < 4.78 is 1.95. The van der Waals surface area contributed by atoms with Gasteiger partial charge in [0, 0.05) is 24.5 Å². The van der Waals surface area contributed by atoms with Crippen molar-refractivity contribution in [2.45, 2.75) is 34.2 Å². The quantitative estimate of drug-likeness (QED) is 0.727. The average molecular weight is 350 g/mol. The summed E-state index contributed by atoms with van der Waals surface area (Å²) >= 11 is 0. The van der Waals surface area contributed by atoms with Crippen LogP contribution >= 0.6 is 0 Å². The molecule has 2 aromatic carbocycles. The van der Waals surface area contributed by atoms with E-state index in [1.807, 2.05) is 48.7 Å². The summed E-state index contributed by atoms with van der Waals surface area (Å²) in [5.74, 6) is 0.796. The van der Waals surface area contributed by atoms with Crippen molar-refractivity contribution in [1.29, 1.82) is 0 Å². The Hall–Kier alpha value is -2.82. The molecular formula is C21H26N4O. The largest absolute Gasteiger partial charge is 0.372 e. The molecule has 0 saturated carbocycles. The Morgan fingerprint density at radius 2 is 1.85 bits per heavy atom. The summed E-state index contributed by atoms with van der Waals surface area (Å²) in [6.45, 7) is 10.4. The van der Waals surface area contributed by atoms with E-state index in [0.717, 1.165) is 41.2 Å². The predicted molar refractivity (Wildman–Crippen MR) is 108 cm³/mol. The number of hydrogen-bond acceptors (Lipinski definition) is 3. The zero-order chi connectivity index (χ0) is 18.7. The third-order valence-electron chi connectivity index (χ3n) is 4.76. The Bertz CT molecular complexity index is 925. The molecule has 1 amide bonds. The third kappa shape index (κ3) is 3.57. The molecule has 0 aliphatic heterocycles. The highest BCUT2D eigenvalue weighted by atomic mass is 16.1. The van der Waals surface area contributed by atoms with Crippen LogP contribution < -0.4 is 10.2 Å². The number of para-hydroxylation sites is 2. The summed E-state index contributed by atoms with van der Waals surface area (Å²) in [7, 11) is 0. The second kappa shape index (κ2) is 7.60. The van der Waals surface area contributed by atoms with Crippen LogP contribution in [0.3, 0.4) is 0 Å². The molecule has 5 heteroatoms. The molecule has 0 unspecified atom stereocenters. The number of nitrogens with zero attached hydrogens (tertiary/aromatic N) is 3. The van der Waals surface area contributed by atoms with Crippen LogP contribution in [0.1, 0.15) is 25.2 Å². The van der Waals surface area contributed by atoms with E-state index in [4.69, 9.17) is 0 Å². The summed E-state index contributed by atoms with van der Waals surface area (Å²) in [6.07, 6.45) is 0. The highest BCUT2D eigenvalue weighted by Gasteiger charge is 2.12. The van der Waals surface area contributed by atoms with Crippen LogP contribution in [0.2, 0.25) is 0 Å². The molecule has 1 N–H and O–H groups in total. The lowest BCUT2D eigenvalue weighted by Gasteiger charge is -2.22. The zero-order valence-corrected chi connectivity index (χ0v) is 15.9. The summed E-state index contributed by atoms with van der Waals surface area (Å²) in [5.41, 5.74) is 5.00. The van der Waals surface area contributed by atoms with Gasteiger partial charge >= 0.3 is 0 Å². The van der Waals surface area contributed by atoms with E-state index in [0.29, 0.717) is 0 Å². The molecule has 0 radical (unpaired) electrons.